The third-order valence-corrected chi connectivity index (χ3v) is 1.82. The highest BCUT2D eigenvalue weighted by atomic mass is 16.5. The Labute approximate surface area is 43.7 Å². The molecular formula is C6H9O. The lowest BCUT2D eigenvalue weighted by Crippen LogP contribution is -2.05. The van der Waals surface area contributed by atoms with Crippen LogP contribution < -0.4 is 0 Å². The molecule has 0 amide bonds. The van der Waals surface area contributed by atoms with E-state index in [-0.39, 0.29) is 0 Å². The number of hydrogen-bond acceptors (Lipinski definition) is 1. The molecule has 1 saturated carbocycles. The summed E-state index contributed by atoms with van der Waals surface area (Å²) in [5.74, 6) is 2.65. The molecule has 39 valence electrons. The zero-order chi connectivity index (χ0) is 4.69. The monoisotopic (exact) mass is 97.1 g/mol. The highest BCUT2D eigenvalue weighted by Crippen LogP contribution is 2.45. The zero-order valence-corrected chi connectivity index (χ0v) is 4.31. The summed E-state index contributed by atoms with van der Waals surface area (Å²) in [5, 5.41) is 0. The van der Waals surface area contributed by atoms with Gasteiger partial charge in [0.2, 0.25) is 0 Å². The van der Waals surface area contributed by atoms with Crippen LogP contribution in [0.4, 0.5) is 0 Å². The Bertz CT molecular complexity index is 70.2. The van der Waals surface area contributed by atoms with Crippen LogP contribution in [0.1, 0.15) is 12.8 Å². The van der Waals surface area contributed by atoms with Gasteiger partial charge in [0.25, 0.3) is 0 Å². The van der Waals surface area contributed by atoms with E-state index in [0.717, 1.165) is 19.1 Å². The van der Waals surface area contributed by atoms with E-state index in [1.165, 1.54) is 12.8 Å². The fourth-order valence-corrected chi connectivity index (χ4v) is 1.17. The van der Waals surface area contributed by atoms with E-state index in [1.807, 2.05) is 0 Å². The number of rotatable bonds is 0. The molecule has 2 fully saturated rings. The summed E-state index contributed by atoms with van der Waals surface area (Å²) in [6, 6.07) is 0. The van der Waals surface area contributed by atoms with Gasteiger partial charge < -0.3 is 4.74 Å². The second-order valence-electron chi connectivity index (χ2n) is 2.40. The summed E-state index contributed by atoms with van der Waals surface area (Å²) >= 11 is 0. The Hall–Kier alpha value is -0.0400. The van der Waals surface area contributed by atoms with Gasteiger partial charge in [0, 0.05) is 12.5 Å². The van der Waals surface area contributed by atoms with Crippen molar-refractivity contribution in [3.63, 3.8) is 0 Å². The van der Waals surface area contributed by atoms with Crippen molar-refractivity contribution in [2.75, 3.05) is 13.2 Å². The first-order valence-corrected chi connectivity index (χ1v) is 2.89. The first kappa shape index (κ1) is 3.90. The van der Waals surface area contributed by atoms with Crippen molar-refractivity contribution < 1.29 is 4.74 Å². The molecule has 1 unspecified atom stereocenters. The number of fused-ring (bicyclic) bond motifs is 1. The lowest BCUT2D eigenvalue weighted by atomic mass is 10.2. The molecule has 0 bridgehead atoms. The molecule has 0 aromatic heterocycles. The average Bonchev–Trinajstić information content (AvgIpc) is 2.41. The van der Waals surface area contributed by atoms with Crippen molar-refractivity contribution in [2.24, 2.45) is 5.92 Å². The minimum atomic E-state index is 0.977. The van der Waals surface area contributed by atoms with Gasteiger partial charge >= 0.3 is 0 Å². The Balaban J connectivity index is 1.95. The van der Waals surface area contributed by atoms with Crippen molar-refractivity contribution in [1.82, 2.24) is 0 Å². The smallest absolute Gasteiger partial charge is 0.0531 e. The van der Waals surface area contributed by atoms with E-state index in [1.54, 1.807) is 5.92 Å². The van der Waals surface area contributed by atoms with E-state index >= 15 is 0 Å². The highest BCUT2D eigenvalue weighted by Gasteiger charge is 2.39. The van der Waals surface area contributed by atoms with Gasteiger partial charge in [-0.2, -0.15) is 0 Å². The predicted molar refractivity (Wildman–Crippen MR) is 26.8 cm³/mol. The molecular weight excluding hydrogens is 88.1 g/mol. The summed E-state index contributed by atoms with van der Waals surface area (Å²) in [4.78, 5) is 0. The molecule has 0 spiro atoms. The summed E-state index contributed by atoms with van der Waals surface area (Å²) in [7, 11) is 0. The molecule has 1 heteroatoms. The molecule has 7 heavy (non-hydrogen) atoms. The van der Waals surface area contributed by atoms with Crippen molar-refractivity contribution in [3.8, 4) is 0 Å². The van der Waals surface area contributed by atoms with Crippen LogP contribution in [0.15, 0.2) is 0 Å². The van der Waals surface area contributed by atoms with E-state index in [0.29, 0.717) is 0 Å². The summed E-state index contributed by atoms with van der Waals surface area (Å²) in [6.07, 6.45) is 2.68. The molecule has 1 aliphatic carbocycles. The minimum absolute atomic E-state index is 0.977. The van der Waals surface area contributed by atoms with E-state index in [4.69, 9.17) is 4.74 Å². The van der Waals surface area contributed by atoms with Gasteiger partial charge in [-0.1, -0.05) is 0 Å². The normalized spacial score (nSPS) is 40.3. The van der Waals surface area contributed by atoms with Crippen LogP contribution in [0.5, 0.6) is 0 Å². The lowest BCUT2D eigenvalue weighted by Gasteiger charge is -2.07. The van der Waals surface area contributed by atoms with Gasteiger partial charge in [0.15, 0.2) is 0 Å². The Kier molecular flexibility index (Phi) is 0.680. The van der Waals surface area contributed by atoms with Crippen molar-refractivity contribution in [1.29, 1.82) is 0 Å². The van der Waals surface area contributed by atoms with Gasteiger partial charge in [0.05, 0.1) is 6.61 Å². The van der Waals surface area contributed by atoms with Crippen molar-refractivity contribution >= 4 is 0 Å². The van der Waals surface area contributed by atoms with Gasteiger partial charge in [-0.05, 0) is 18.8 Å². The maximum atomic E-state index is 5.19. The molecule has 0 aromatic rings. The Morgan fingerprint density at radius 2 is 2.57 bits per heavy atom. The molecule has 1 aliphatic heterocycles. The maximum absolute atomic E-state index is 5.19. The third kappa shape index (κ3) is 0.556. The first-order chi connectivity index (χ1) is 3.47. The van der Waals surface area contributed by atoms with Crippen LogP contribution in [-0.4, -0.2) is 13.2 Å². The molecule has 1 atom stereocenters. The standard InChI is InChI=1S/C6H9O/c1-2-7-4-6-3-5(1)6/h5H,1-4H2. The second kappa shape index (κ2) is 1.22. The van der Waals surface area contributed by atoms with Crippen molar-refractivity contribution in [2.45, 2.75) is 12.8 Å². The molecule has 1 nitrogen and oxygen atoms in total. The van der Waals surface area contributed by atoms with Gasteiger partial charge in [-0.3, -0.25) is 0 Å². The van der Waals surface area contributed by atoms with Crippen LogP contribution in [0.2, 0.25) is 0 Å². The van der Waals surface area contributed by atoms with Crippen LogP contribution >= 0.6 is 0 Å². The van der Waals surface area contributed by atoms with Gasteiger partial charge in [0.1, 0.15) is 0 Å². The summed E-state index contributed by atoms with van der Waals surface area (Å²) in [6.45, 7) is 1.98. The zero-order valence-electron chi connectivity index (χ0n) is 4.31. The molecule has 1 saturated heterocycles. The minimum Gasteiger partial charge on any atom is -0.381 e. The van der Waals surface area contributed by atoms with Crippen LogP contribution in [0, 0.1) is 11.8 Å². The SMILES string of the molecule is C1CC2C[C]2CO1. The van der Waals surface area contributed by atoms with Crippen LogP contribution in [0.3, 0.4) is 0 Å². The lowest BCUT2D eigenvalue weighted by molar-refractivity contribution is 0.125. The highest BCUT2D eigenvalue weighted by molar-refractivity contribution is 5.15. The van der Waals surface area contributed by atoms with Gasteiger partial charge in [-0.25, -0.2) is 0 Å². The van der Waals surface area contributed by atoms with E-state index < -0.39 is 0 Å². The maximum Gasteiger partial charge on any atom is 0.0531 e. The number of ether oxygens (including phenoxy) is 1. The van der Waals surface area contributed by atoms with Gasteiger partial charge in [-0.15, -0.1) is 0 Å². The molecule has 1 radical (unpaired) electrons. The average molecular weight is 97.1 g/mol. The molecule has 1 heterocycles. The largest absolute Gasteiger partial charge is 0.381 e. The Morgan fingerprint density at radius 1 is 1.57 bits per heavy atom. The van der Waals surface area contributed by atoms with Crippen molar-refractivity contribution in [3.05, 3.63) is 5.92 Å². The van der Waals surface area contributed by atoms with E-state index in [2.05, 4.69) is 0 Å². The van der Waals surface area contributed by atoms with Crippen LogP contribution in [-0.2, 0) is 4.74 Å². The second-order valence-corrected chi connectivity index (χ2v) is 2.40. The molecule has 0 N–H and O–H groups in total. The van der Waals surface area contributed by atoms with E-state index in [9.17, 15) is 0 Å². The fourth-order valence-electron chi connectivity index (χ4n) is 1.17. The Morgan fingerprint density at radius 3 is 3.14 bits per heavy atom. The summed E-state index contributed by atoms with van der Waals surface area (Å²) < 4.78 is 5.19. The fraction of sp³-hybridized carbons (Fsp3) is 0.833. The molecule has 0 aromatic carbocycles. The molecule has 2 aliphatic rings. The topological polar surface area (TPSA) is 9.23 Å². The molecule has 2 rings (SSSR count). The third-order valence-electron chi connectivity index (χ3n) is 1.82. The quantitative estimate of drug-likeness (QED) is 0.438. The van der Waals surface area contributed by atoms with Crippen LogP contribution in [0.25, 0.3) is 0 Å². The first-order valence-electron chi connectivity index (χ1n) is 2.89. The number of hydrogen-bond donors (Lipinski definition) is 0. The predicted octanol–water partition coefficient (Wildman–Crippen LogP) is 1.00. The summed E-state index contributed by atoms with van der Waals surface area (Å²) in [5.41, 5.74) is 0.